The van der Waals surface area contributed by atoms with E-state index in [1.807, 2.05) is 24.8 Å². The first kappa shape index (κ1) is 15.9. The maximum absolute atomic E-state index is 11.9. The normalized spacial score (nSPS) is 15.9. The van der Waals surface area contributed by atoms with Crippen LogP contribution in [0.3, 0.4) is 0 Å². The van der Waals surface area contributed by atoms with E-state index < -0.39 is 9.84 Å². The predicted octanol–water partition coefficient (Wildman–Crippen LogP) is 0.519. The lowest BCUT2D eigenvalue weighted by atomic mass is 10.4. The van der Waals surface area contributed by atoms with Crippen LogP contribution < -0.4 is 4.90 Å². The van der Waals surface area contributed by atoms with Crippen molar-refractivity contribution in [2.45, 2.75) is 19.0 Å². The number of sulfone groups is 1. The summed E-state index contributed by atoms with van der Waals surface area (Å²) in [5, 5.41) is 4.19. The Balaban J connectivity index is 2.13. The minimum atomic E-state index is -3.52. The molecular formula is C14H19N5O3S. The molecule has 0 N–H and O–H groups in total. The summed E-state index contributed by atoms with van der Waals surface area (Å²) in [6.07, 6.45) is 1.11. The van der Waals surface area contributed by atoms with Crippen molar-refractivity contribution >= 4 is 15.7 Å². The van der Waals surface area contributed by atoms with E-state index in [-0.39, 0.29) is 5.16 Å². The molecule has 1 fully saturated rings. The maximum atomic E-state index is 11.9. The monoisotopic (exact) mass is 337 g/mol. The quantitative estimate of drug-likeness (QED) is 0.754. The summed E-state index contributed by atoms with van der Waals surface area (Å²) in [4.78, 5) is 10.4. The number of morpholine rings is 1. The molecule has 2 aromatic heterocycles. The molecule has 1 saturated heterocycles. The van der Waals surface area contributed by atoms with E-state index in [4.69, 9.17) is 4.74 Å². The minimum Gasteiger partial charge on any atom is -0.378 e. The lowest BCUT2D eigenvalue weighted by molar-refractivity contribution is 0.122. The first-order valence-electron chi connectivity index (χ1n) is 7.30. The Morgan fingerprint density at radius 1 is 1.09 bits per heavy atom. The molecular weight excluding hydrogens is 318 g/mol. The van der Waals surface area contributed by atoms with E-state index in [0.29, 0.717) is 37.9 Å². The Hall–Kier alpha value is -2.00. The number of aryl methyl sites for hydroxylation is 2. The van der Waals surface area contributed by atoms with Crippen LogP contribution in [0.15, 0.2) is 17.3 Å². The lowest BCUT2D eigenvalue weighted by Gasteiger charge is -2.28. The van der Waals surface area contributed by atoms with Crippen molar-refractivity contribution in [2.75, 3.05) is 37.5 Å². The summed E-state index contributed by atoms with van der Waals surface area (Å²) in [5.74, 6) is 1.03. The molecule has 1 aliphatic rings. The minimum absolute atomic E-state index is 0.191. The third-order valence-corrected chi connectivity index (χ3v) is 4.42. The van der Waals surface area contributed by atoms with Crippen molar-refractivity contribution in [1.82, 2.24) is 19.7 Å². The number of nitrogens with zero attached hydrogens (tertiary/aromatic N) is 5. The van der Waals surface area contributed by atoms with E-state index >= 15 is 0 Å². The summed E-state index contributed by atoms with van der Waals surface area (Å²) < 4.78 is 30.9. The number of hydrogen-bond donors (Lipinski definition) is 0. The summed E-state index contributed by atoms with van der Waals surface area (Å²) >= 11 is 0. The van der Waals surface area contributed by atoms with E-state index in [1.165, 1.54) is 0 Å². The SMILES string of the molecule is Cc1cc(C)n(-c2cc(N3CCOCC3)nc(S(C)(=O)=O)n2)n1. The highest BCUT2D eigenvalue weighted by Crippen LogP contribution is 2.20. The molecule has 0 spiro atoms. The van der Waals surface area contributed by atoms with Crippen LogP contribution >= 0.6 is 0 Å². The Labute approximate surface area is 135 Å². The van der Waals surface area contributed by atoms with E-state index in [9.17, 15) is 8.42 Å². The average Bonchev–Trinajstić information content (AvgIpc) is 2.85. The predicted molar refractivity (Wildman–Crippen MR) is 84.8 cm³/mol. The zero-order valence-electron chi connectivity index (χ0n) is 13.4. The molecule has 2 aromatic rings. The molecule has 0 aromatic carbocycles. The van der Waals surface area contributed by atoms with Crippen molar-refractivity contribution in [3.63, 3.8) is 0 Å². The fourth-order valence-corrected chi connectivity index (χ4v) is 3.01. The highest BCUT2D eigenvalue weighted by molar-refractivity contribution is 7.90. The first-order valence-corrected chi connectivity index (χ1v) is 9.19. The van der Waals surface area contributed by atoms with Gasteiger partial charge in [0.2, 0.25) is 9.84 Å². The second-order valence-electron chi connectivity index (χ2n) is 5.58. The average molecular weight is 337 g/mol. The van der Waals surface area contributed by atoms with Crippen LogP contribution in [-0.2, 0) is 14.6 Å². The van der Waals surface area contributed by atoms with Crippen LogP contribution in [-0.4, -0.2) is 60.7 Å². The molecule has 8 nitrogen and oxygen atoms in total. The fraction of sp³-hybridized carbons (Fsp3) is 0.500. The maximum Gasteiger partial charge on any atom is 0.250 e. The Kier molecular flexibility index (Phi) is 4.07. The van der Waals surface area contributed by atoms with Crippen LogP contribution in [0.4, 0.5) is 5.82 Å². The summed E-state index contributed by atoms with van der Waals surface area (Å²) in [7, 11) is -3.52. The zero-order chi connectivity index (χ0) is 16.6. The zero-order valence-corrected chi connectivity index (χ0v) is 14.2. The number of hydrogen-bond acceptors (Lipinski definition) is 7. The van der Waals surface area contributed by atoms with Crippen LogP contribution in [0.2, 0.25) is 0 Å². The molecule has 3 heterocycles. The smallest absolute Gasteiger partial charge is 0.250 e. The molecule has 0 amide bonds. The van der Waals surface area contributed by atoms with Gasteiger partial charge >= 0.3 is 0 Å². The van der Waals surface area contributed by atoms with Gasteiger partial charge in [0.1, 0.15) is 5.82 Å². The highest BCUT2D eigenvalue weighted by atomic mass is 32.2. The third kappa shape index (κ3) is 3.35. The fourth-order valence-electron chi connectivity index (χ4n) is 2.49. The molecule has 23 heavy (non-hydrogen) atoms. The van der Waals surface area contributed by atoms with Crippen molar-refractivity contribution in [2.24, 2.45) is 0 Å². The van der Waals surface area contributed by atoms with Gasteiger partial charge in [-0.05, 0) is 19.9 Å². The van der Waals surface area contributed by atoms with Crippen LogP contribution in [0.1, 0.15) is 11.4 Å². The second-order valence-corrected chi connectivity index (χ2v) is 7.49. The van der Waals surface area contributed by atoms with Gasteiger partial charge in [-0.1, -0.05) is 0 Å². The molecule has 1 aliphatic heterocycles. The van der Waals surface area contributed by atoms with Gasteiger partial charge in [0.05, 0.1) is 18.9 Å². The molecule has 0 atom stereocenters. The van der Waals surface area contributed by atoms with Crippen molar-refractivity contribution in [1.29, 1.82) is 0 Å². The molecule has 124 valence electrons. The van der Waals surface area contributed by atoms with Crippen molar-refractivity contribution in [3.8, 4) is 5.82 Å². The second kappa shape index (κ2) is 5.89. The summed E-state index contributed by atoms with van der Waals surface area (Å²) in [6, 6.07) is 3.68. The summed E-state index contributed by atoms with van der Waals surface area (Å²) in [6.45, 7) is 6.29. The standard InChI is InChI=1S/C14H19N5O3S/c1-10-8-11(2)19(17-10)13-9-12(18-4-6-22-7-5-18)15-14(16-13)23(3,20)21/h8-9H,4-7H2,1-3H3. The van der Waals surface area contributed by atoms with E-state index in [2.05, 4.69) is 15.1 Å². The molecule has 0 saturated carbocycles. The molecule has 0 bridgehead atoms. The largest absolute Gasteiger partial charge is 0.378 e. The van der Waals surface area contributed by atoms with E-state index in [0.717, 1.165) is 17.6 Å². The molecule has 9 heteroatoms. The van der Waals surface area contributed by atoms with Gasteiger partial charge in [0, 0.05) is 31.1 Å². The van der Waals surface area contributed by atoms with Crippen LogP contribution in [0.25, 0.3) is 5.82 Å². The van der Waals surface area contributed by atoms with E-state index in [1.54, 1.807) is 10.7 Å². The number of ether oxygens (including phenoxy) is 1. The van der Waals surface area contributed by atoms with Crippen LogP contribution in [0.5, 0.6) is 0 Å². The van der Waals surface area contributed by atoms with Gasteiger partial charge in [-0.2, -0.15) is 10.1 Å². The number of aromatic nitrogens is 4. The summed E-state index contributed by atoms with van der Waals surface area (Å²) in [5.41, 5.74) is 1.73. The Morgan fingerprint density at radius 3 is 2.30 bits per heavy atom. The van der Waals surface area contributed by atoms with Gasteiger partial charge < -0.3 is 9.64 Å². The topological polar surface area (TPSA) is 90.2 Å². The van der Waals surface area contributed by atoms with Gasteiger partial charge in [-0.25, -0.2) is 18.1 Å². The Morgan fingerprint density at radius 2 is 1.74 bits per heavy atom. The van der Waals surface area contributed by atoms with Gasteiger partial charge in [-0.15, -0.1) is 0 Å². The molecule has 0 radical (unpaired) electrons. The first-order chi connectivity index (χ1) is 10.8. The molecule has 0 aliphatic carbocycles. The Bertz CT molecular complexity index is 825. The number of anilines is 1. The lowest BCUT2D eigenvalue weighted by Crippen LogP contribution is -2.37. The van der Waals surface area contributed by atoms with Gasteiger partial charge in [-0.3, -0.25) is 0 Å². The highest BCUT2D eigenvalue weighted by Gasteiger charge is 2.20. The van der Waals surface area contributed by atoms with Gasteiger partial charge in [0.25, 0.3) is 5.16 Å². The van der Waals surface area contributed by atoms with Crippen molar-refractivity contribution < 1.29 is 13.2 Å². The van der Waals surface area contributed by atoms with Crippen molar-refractivity contribution in [3.05, 3.63) is 23.5 Å². The molecule has 3 rings (SSSR count). The molecule has 0 unspecified atom stereocenters. The van der Waals surface area contributed by atoms with Gasteiger partial charge in [0.15, 0.2) is 5.82 Å². The number of rotatable bonds is 3. The van der Waals surface area contributed by atoms with Crippen LogP contribution in [0, 0.1) is 13.8 Å². The third-order valence-electron chi connectivity index (χ3n) is 3.57.